The third kappa shape index (κ3) is 2.38. The van der Waals surface area contributed by atoms with E-state index >= 15 is 0 Å². The molecule has 0 fully saturated rings. The van der Waals surface area contributed by atoms with Crippen LogP contribution < -0.4 is 4.74 Å². The smallest absolute Gasteiger partial charge is 0.146 e. The Balaban J connectivity index is 2.30. The van der Waals surface area contributed by atoms with Crippen LogP contribution in [0.15, 0.2) is 42.5 Å². The van der Waals surface area contributed by atoms with Gasteiger partial charge in [0, 0.05) is 5.69 Å². The topological polar surface area (TPSA) is 27.1 Å². The third-order valence-electron chi connectivity index (χ3n) is 3.63. The Morgan fingerprint density at radius 2 is 2.00 bits per heavy atom. The van der Waals surface area contributed by atoms with E-state index in [1.54, 1.807) is 7.11 Å². The van der Waals surface area contributed by atoms with Crippen LogP contribution in [0.1, 0.15) is 18.3 Å². The van der Waals surface area contributed by atoms with Crippen molar-refractivity contribution >= 4 is 22.6 Å². The van der Waals surface area contributed by atoms with E-state index < -0.39 is 0 Å². The van der Waals surface area contributed by atoms with Crippen LogP contribution in [0, 0.1) is 0 Å². The van der Waals surface area contributed by atoms with E-state index in [4.69, 9.17) is 16.3 Å². The maximum atomic E-state index is 6.10. The number of alkyl halides is 1. The van der Waals surface area contributed by atoms with Crippen LogP contribution in [0.3, 0.4) is 0 Å². The van der Waals surface area contributed by atoms with E-state index in [1.165, 1.54) is 5.56 Å². The fraction of sp³-hybridized carbons (Fsp3) is 0.235. The lowest BCUT2D eigenvalue weighted by molar-refractivity contribution is 0.419. The third-order valence-corrected chi connectivity index (χ3v) is 3.87. The zero-order valence-electron chi connectivity index (χ0n) is 12.1. The number of ether oxygens (including phenoxy) is 1. The van der Waals surface area contributed by atoms with Crippen molar-refractivity contribution in [1.29, 1.82) is 0 Å². The molecule has 1 heterocycles. The molecule has 0 N–H and O–H groups in total. The number of aryl methyl sites for hydroxylation is 1. The highest BCUT2D eigenvalue weighted by atomic mass is 35.5. The number of halogens is 1. The number of imidazole rings is 1. The summed E-state index contributed by atoms with van der Waals surface area (Å²) in [4.78, 5) is 4.64. The zero-order chi connectivity index (χ0) is 14.8. The van der Waals surface area contributed by atoms with Crippen molar-refractivity contribution in [3.8, 4) is 11.4 Å². The van der Waals surface area contributed by atoms with Crippen LogP contribution in [0.25, 0.3) is 16.7 Å². The van der Waals surface area contributed by atoms with Crippen LogP contribution in [0.2, 0.25) is 0 Å². The number of fused-ring (bicyclic) bond motifs is 1. The van der Waals surface area contributed by atoms with Gasteiger partial charge in [-0.15, -0.1) is 11.6 Å². The number of hydrogen-bond donors (Lipinski definition) is 0. The van der Waals surface area contributed by atoms with Crippen molar-refractivity contribution < 1.29 is 4.74 Å². The van der Waals surface area contributed by atoms with Crippen molar-refractivity contribution in [3.63, 3.8) is 0 Å². The van der Waals surface area contributed by atoms with Crippen LogP contribution in [-0.2, 0) is 12.3 Å². The molecule has 0 saturated heterocycles. The van der Waals surface area contributed by atoms with Crippen molar-refractivity contribution in [3.05, 3.63) is 53.9 Å². The number of methoxy groups -OCH3 is 1. The Kier molecular flexibility index (Phi) is 3.84. The molecule has 0 spiro atoms. The molecule has 0 aliphatic carbocycles. The summed E-state index contributed by atoms with van der Waals surface area (Å²) in [6.45, 7) is 2.15. The molecule has 0 aliphatic rings. The molecule has 0 radical (unpaired) electrons. The molecular formula is C17H17ClN2O. The Labute approximate surface area is 129 Å². The van der Waals surface area contributed by atoms with E-state index in [9.17, 15) is 0 Å². The van der Waals surface area contributed by atoms with Gasteiger partial charge in [0.05, 0.1) is 18.5 Å². The maximum Gasteiger partial charge on any atom is 0.146 e. The second kappa shape index (κ2) is 5.78. The first-order chi connectivity index (χ1) is 10.3. The molecule has 3 nitrogen and oxygen atoms in total. The second-order valence-electron chi connectivity index (χ2n) is 4.85. The van der Waals surface area contributed by atoms with Crippen molar-refractivity contribution in [1.82, 2.24) is 9.55 Å². The van der Waals surface area contributed by atoms with E-state index in [1.807, 2.05) is 18.2 Å². The molecule has 2 aromatic carbocycles. The molecule has 0 aliphatic heterocycles. The second-order valence-corrected chi connectivity index (χ2v) is 5.12. The average Bonchev–Trinajstić information content (AvgIpc) is 2.93. The molecule has 21 heavy (non-hydrogen) atoms. The molecule has 0 atom stereocenters. The fourth-order valence-electron chi connectivity index (χ4n) is 2.58. The van der Waals surface area contributed by atoms with Gasteiger partial charge in [-0.05, 0) is 36.2 Å². The Morgan fingerprint density at radius 3 is 2.71 bits per heavy atom. The maximum absolute atomic E-state index is 6.10. The number of hydrogen-bond acceptors (Lipinski definition) is 2. The minimum atomic E-state index is 0.355. The normalized spacial score (nSPS) is 11.0. The van der Waals surface area contributed by atoms with Crippen molar-refractivity contribution in [2.24, 2.45) is 0 Å². The Morgan fingerprint density at radius 1 is 1.19 bits per heavy atom. The van der Waals surface area contributed by atoms with Gasteiger partial charge in [-0.25, -0.2) is 4.98 Å². The minimum absolute atomic E-state index is 0.355. The predicted octanol–water partition coefficient (Wildman–Crippen LogP) is 4.34. The highest BCUT2D eigenvalue weighted by Gasteiger charge is 2.14. The Hall–Kier alpha value is -2.00. The summed E-state index contributed by atoms with van der Waals surface area (Å²) in [6.07, 6.45) is 1.000. The van der Waals surface area contributed by atoms with Crippen LogP contribution in [0.4, 0.5) is 0 Å². The summed E-state index contributed by atoms with van der Waals surface area (Å²) < 4.78 is 7.50. The molecule has 1 aromatic heterocycles. The van der Waals surface area contributed by atoms with E-state index in [0.29, 0.717) is 5.88 Å². The van der Waals surface area contributed by atoms with Crippen LogP contribution in [-0.4, -0.2) is 16.7 Å². The number of aromatic nitrogens is 2. The SMILES string of the molecule is CCc1cccc(-n2c(CCl)nc3c(OC)cccc32)c1. The van der Waals surface area contributed by atoms with Gasteiger partial charge < -0.3 is 4.74 Å². The summed E-state index contributed by atoms with van der Waals surface area (Å²) >= 11 is 6.10. The summed E-state index contributed by atoms with van der Waals surface area (Å²) in [7, 11) is 1.66. The number of rotatable bonds is 4. The molecule has 0 bridgehead atoms. The number of benzene rings is 2. The summed E-state index contributed by atoms with van der Waals surface area (Å²) in [5.74, 6) is 1.95. The molecule has 0 saturated carbocycles. The van der Waals surface area contributed by atoms with Crippen molar-refractivity contribution in [2.75, 3.05) is 7.11 Å². The summed E-state index contributed by atoms with van der Waals surface area (Å²) in [5.41, 5.74) is 4.23. The predicted molar refractivity (Wildman–Crippen MR) is 86.6 cm³/mol. The zero-order valence-corrected chi connectivity index (χ0v) is 12.9. The molecule has 4 heteroatoms. The van der Waals surface area contributed by atoms with E-state index in [0.717, 1.165) is 34.7 Å². The summed E-state index contributed by atoms with van der Waals surface area (Å²) in [6, 6.07) is 14.4. The summed E-state index contributed by atoms with van der Waals surface area (Å²) in [5, 5.41) is 0. The molecular weight excluding hydrogens is 284 g/mol. The fourth-order valence-corrected chi connectivity index (χ4v) is 2.76. The van der Waals surface area contributed by atoms with Gasteiger partial charge >= 0.3 is 0 Å². The molecule has 3 aromatic rings. The van der Waals surface area contributed by atoms with Gasteiger partial charge in [-0.1, -0.05) is 25.1 Å². The largest absolute Gasteiger partial charge is 0.494 e. The number of nitrogens with zero attached hydrogens (tertiary/aromatic N) is 2. The van der Waals surface area contributed by atoms with Gasteiger partial charge in [0.2, 0.25) is 0 Å². The first-order valence-electron chi connectivity index (χ1n) is 6.98. The highest BCUT2D eigenvalue weighted by molar-refractivity contribution is 6.17. The van der Waals surface area contributed by atoms with Crippen molar-refractivity contribution in [2.45, 2.75) is 19.2 Å². The average molecular weight is 301 g/mol. The lowest BCUT2D eigenvalue weighted by Crippen LogP contribution is -1.99. The van der Waals surface area contributed by atoms with E-state index in [-0.39, 0.29) is 0 Å². The first-order valence-corrected chi connectivity index (χ1v) is 7.51. The lowest BCUT2D eigenvalue weighted by atomic mass is 10.1. The van der Waals surface area contributed by atoms with E-state index in [2.05, 4.69) is 40.7 Å². The van der Waals surface area contributed by atoms with Crippen LogP contribution >= 0.6 is 11.6 Å². The van der Waals surface area contributed by atoms with Gasteiger partial charge in [0.1, 0.15) is 17.1 Å². The lowest BCUT2D eigenvalue weighted by Gasteiger charge is -2.09. The monoisotopic (exact) mass is 300 g/mol. The quantitative estimate of drug-likeness (QED) is 0.670. The van der Waals surface area contributed by atoms with Gasteiger partial charge in [0.15, 0.2) is 0 Å². The van der Waals surface area contributed by atoms with Gasteiger partial charge in [0.25, 0.3) is 0 Å². The standard InChI is InChI=1S/C17H17ClN2O/c1-3-12-6-4-7-13(10-12)20-14-8-5-9-15(21-2)17(14)19-16(20)11-18/h4-10H,3,11H2,1-2H3. The highest BCUT2D eigenvalue weighted by Crippen LogP contribution is 2.29. The van der Waals surface area contributed by atoms with Gasteiger partial charge in [-0.3, -0.25) is 4.57 Å². The molecule has 108 valence electrons. The minimum Gasteiger partial charge on any atom is -0.494 e. The first kappa shape index (κ1) is 14.0. The molecule has 0 amide bonds. The van der Waals surface area contributed by atoms with Gasteiger partial charge in [-0.2, -0.15) is 0 Å². The molecule has 0 unspecified atom stereocenters. The molecule has 3 rings (SSSR count). The number of para-hydroxylation sites is 1. The van der Waals surface area contributed by atoms with Crippen LogP contribution in [0.5, 0.6) is 5.75 Å². The Bertz CT molecular complexity index is 780.